The maximum Gasteiger partial charge on any atom is 0.356 e. The van der Waals surface area contributed by atoms with Crippen LogP contribution in [-0.2, 0) is 0 Å². The number of carbonyl (C=O) groups is 1. The zero-order valence-corrected chi connectivity index (χ0v) is 9.14. The lowest BCUT2D eigenvalue weighted by Crippen LogP contribution is -1.97. The molecule has 2 aromatic rings. The van der Waals surface area contributed by atoms with E-state index in [0.29, 0.717) is 10.8 Å². The summed E-state index contributed by atoms with van der Waals surface area (Å²) >= 11 is 5.95. The van der Waals surface area contributed by atoms with E-state index in [-0.39, 0.29) is 5.69 Å². The second-order valence-corrected chi connectivity index (χ2v) is 3.59. The van der Waals surface area contributed by atoms with Crippen molar-refractivity contribution in [3.63, 3.8) is 0 Å². The Balaban J connectivity index is 2.46. The Morgan fingerprint density at radius 3 is 2.81 bits per heavy atom. The van der Waals surface area contributed by atoms with E-state index < -0.39 is 5.97 Å². The molecule has 2 heterocycles. The first-order valence-electron chi connectivity index (χ1n) is 4.49. The van der Waals surface area contributed by atoms with Crippen molar-refractivity contribution in [1.29, 1.82) is 0 Å². The van der Waals surface area contributed by atoms with Crippen LogP contribution in [0.25, 0.3) is 5.69 Å². The number of imidazole rings is 1. The summed E-state index contributed by atoms with van der Waals surface area (Å²) in [6.07, 6.45) is 2.78. The fourth-order valence-electron chi connectivity index (χ4n) is 1.28. The lowest BCUT2D eigenvalue weighted by atomic mass is 10.3. The highest BCUT2D eigenvalue weighted by atomic mass is 35.5. The van der Waals surface area contributed by atoms with E-state index in [2.05, 4.69) is 9.97 Å². The van der Waals surface area contributed by atoms with Crippen molar-refractivity contribution in [2.75, 3.05) is 0 Å². The molecule has 0 bridgehead atoms. The standard InChI is InChI=1S/C10H8ClN3O2/c1-6-2-3-8(9(11)13-6)14-4-7(10(15)16)12-5-14/h2-5H,1H3,(H,15,16). The minimum atomic E-state index is -1.07. The predicted octanol–water partition coefficient (Wildman–Crippen LogP) is 1.93. The molecule has 0 aliphatic rings. The number of aromatic nitrogens is 3. The summed E-state index contributed by atoms with van der Waals surface area (Å²) in [6, 6.07) is 3.56. The van der Waals surface area contributed by atoms with Crippen LogP contribution in [0.4, 0.5) is 0 Å². The van der Waals surface area contributed by atoms with Gasteiger partial charge < -0.3 is 9.67 Å². The number of aryl methyl sites for hydroxylation is 1. The van der Waals surface area contributed by atoms with E-state index in [4.69, 9.17) is 16.7 Å². The van der Waals surface area contributed by atoms with E-state index in [9.17, 15) is 4.79 Å². The molecular weight excluding hydrogens is 230 g/mol. The lowest BCUT2D eigenvalue weighted by molar-refractivity contribution is 0.0691. The molecule has 16 heavy (non-hydrogen) atoms. The van der Waals surface area contributed by atoms with Gasteiger partial charge in [-0.3, -0.25) is 0 Å². The van der Waals surface area contributed by atoms with Gasteiger partial charge in [0.05, 0.1) is 5.69 Å². The Hall–Kier alpha value is -1.88. The summed E-state index contributed by atoms with van der Waals surface area (Å²) in [5.74, 6) is -1.07. The van der Waals surface area contributed by atoms with Gasteiger partial charge in [-0.05, 0) is 19.1 Å². The van der Waals surface area contributed by atoms with Crippen LogP contribution >= 0.6 is 11.6 Å². The van der Waals surface area contributed by atoms with Crippen molar-refractivity contribution in [1.82, 2.24) is 14.5 Å². The van der Waals surface area contributed by atoms with Crippen molar-refractivity contribution < 1.29 is 9.90 Å². The van der Waals surface area contributed by atoms with Gasteiger partial charge in [-0.1, -0.05) is 11.6 Å². The van der Waals surface area contributed by atoms with Crippen molar-refractivity contribution >= 4 is 17.6 Å². The number of carboxylic acid groups (broad SMARTS) is 1. The second kappa shape index (κ2) is 3.94. The highest BCUT2D eigenvalue weighted by Gasteiger charge is 2.09. The minimum absolute atomic E-state index is 0.0309. The molecule has 0 saturated heterocycles. The molecule has 82 valence electrons. The number of carboxylic acids is 1. The van der Waals surface area contributed by atoms with Gasteiger partial charge in [0.2, 0.25) is 0 Å². The number of halogens is 1. The van der Waals surface area contributed by atoms with Gasteiger partial charge in [-0.15, -0.1) is 0 Å². The van der Waals surface area contributed by atoms with E-state index in [0.717, 1.165) is 5.69 Å². The fraction of sp³-hybridized carbons (Fsp3) is 0.100. The van der Waals surface area contributed by atoms with Crippen molar-refractivity contribution in [3.8, 4) is 5.69 Å². The van der Waals surface area contributed by atoms with Gasteiger partial charge >= 0.3 is 5.97 Å². The molecule has 2 rings (SSSR count). The highest BCUT2D eigenvalue weighted by molar-refractivity contribution is 6.31. The molecule has 0 atom stereocenters. The molecule has 2 aromatic heterocycles. The van der Waals surface area contributed by atoms with Crippen molar-refractivity contribution in [2.45, 2.75) is 6.92 Å². The smallest absolute Gasteiger partial charge is 0.356 e. The van der Waals surface area contributed by atoms with E-state index in [1.54, 1.807) is 12.1 Å². The van der Waals surface area contributed by atoms with Gasteiger partial charge in [0, 0.05) is 11.9 Å². The Morgan fingerprint density at radius 1 is 1.50 bits per heavy atom. The van der Waals surface area contributed by atoms with Crippen LogP contribution in [0, 0.1) is 6.92 Å². The van der Waals surface area contributed by atoms with Crippen LogP contribution in [0.5, 0.6) is 0 Å². The summed E-state index contributed by atoms with van der Waals surface area (Å²) in [5, 5.41) is 9.05. The van der Waals surface area contributed by atoms with Gasteiger partial charge in [-0.25, -0.2) is 14.8 Å². The third-order valence-corrected chi connectivity index (χ3v) is 2.33. The zero-order chi connectivity index (χ0) is 11.7. The Morgan fingerprint density at radius 2 is 2.25 bits per heavy atom. The maximum atomic E-state index is 10.7. The molecule has 0 radical (unpaired) electrons. The minimum Gasteiger partial charge on any atom is -0.476 e. The molecule has 0 aliphatic carbocycles. The first-order valence-corrected chi connectivity index (χ1v) is 4.86. The van der Waals surface area contributed by atoms with Gasteiger partial charge in [-0.2, -0.15) is 0 Å². The number of nitrogens with zero attached hydrogens (tertiary/aromatic N) is 3. The molecule has 0 unspecified atom stereocenters. The molecule has 0 amide bonds. The molecule has 0 fully saturated rings. The predicted molar refractivity (Wildman–Crippen MR) is 58.1 cm³/mol. The van der Waals surface area contributed by atoms with Gasteiger partial charge in [0.25, 0.3) is 0 Å². The molecule has 5 nitrogen and oxygen atoms in total. The molecular formula is C10H8ClN3O2. The molecule has 1 N–H and O–H groups in total. The SMILES string of the molecule is Cc1ccc(-n2cnc(C(=O)O)c2)c(Cl)n1. The summed E-state index contributed by atoms with van der Waals surface area (Å²) < 4.78 is 1.53. The molecule has 0 aliphatic heterocycles. The number of aromatic carboxylic acids is 1. The monoisotopic (exact) mass is 237 g/mol. The Labute approximate surface area is 96.3 Å². The zero-order valence-electron chi connectivity index (χ0n) is 8.38. The lowest BCUT2D eigenvalue weighted by Gasteiger charge is -2.04. The van der Waals surface area contributed by atoms with Crippen LogP contribution in [-0.4, -0.2) is 25.6 Å². The first kappa shape index (κ1) is 10.6. The summed E-state index contributed by atoms with van der Waals surface area (Å²) in [7, 11) is 0. The molecule has 0 saturated carbocycles. The van der Waals surface area contributed by atoms with E-state index >= 15 is 0 Å². The Kier molecular flexibility index (Phi) is 2.62. The summed E-state index contributed by atoms with van der Waals surface area (Å²) in [5.41, 5.74) is 1.37. The van der Waals surface area contributed by atoms with Crippen LogP contribution < -0.4 is 0 Å². The third kappa shape index (κ3) is 1.90. The first-order chi connectivity index (χ1) is 7.58. The topological polar surface area (TPSA) is 68.0 Å². The molecule has 6 heteroatoms. The quantitative estimate of drug-likeness (QED) is 0.811. The van der Waals surface area contributed by atoms with Crippen molar-refractivity contribution in [3.05, 3.63) is 41.2 Å². The van der Waals surface area contributed by atoms with Crippen LogP contribution in [0.1, 0.15) is 16.2 Å². The van der Waals surface area contributed by atoms with Gasteiger partial charge in [0.1, 0.15) is 6.33 Å². The maximum absolute atomic E-state index is 10.7. The number of rotatable bonds is 2. The molecule has 0 spiro atoms. The number of hydrogen-bond donors (Lipinski definition) is 1. The van der Waals surface area contributed by atoms with Gasteiger partial charge in [0.15, 0.2) is 10.8 Å². The van der Waals surface area contributed by atoms with E-state index in [1.165, 1.54) is 17.1 Å². The van der Waals surface area contributed by atoms with Crippen LogP contribution in [0.3, 0.4) is 0 Å². The summed E-state index contributed by atoms with van der Waals surface area (Å²) in [4.78, 5) is 18.5. The average Bonchev–Trinajstić information content (AvgIpc) is 2.66. The fourth-order valence-corrected chi connectivity index (χ4v) is 1.57. The number of hydrogen-bond acceptors (Lipinski definition) is 3. The Bertz CT molecular complexity index is 551. The highest BCUT2D eigenvalue weighted by Crippen LogP contribution is 2.18. The second-order valence-electron chi connectivity index (χ2n) is 3.23. The number of pyridine rings is 1. The van der Waals surface area contributed by atoms with E-state index in [1.807, 2.05) is 6.92 Å². The normalized spacial score (nSPS) is 10.4. The summed E-state index contributed by atoms with van der Waals surface area (Å²) in [6.45, 7) is 1.83. The third-order valence-electron chi connectivity index (χ3n) is 2.05. The van der Waals surface area contributed by atoms with Crippen molar-refractivity contribution in [2.24, 2.45) is 0 Å². The molecule has 0 aromatic carbocycles. The van der Waals surface area contributed by atoms with Crippen LogP contribution in [0.2, 0.25) is 5.15 Å². The average molecular weight is 238 g/mol. The van der Waals surface area contributed by atoms with Crippen LogP contribution in [0.15, 0.2) is 24.7 Å². The largest absolute Gasteiger partial charge is 0.476 e.